The molecule has 0 unspecified atom stereocenters. The Morgan fingerprint density at radius 3 is 1.24 bits per heavy atom. The Balaban J connectivity index is 3.81. The Hall–Kier alpha value is -2.12. The Morgan fingerprint density at radius 2 is 0.920 bits per heavy atom. The van der Waals surface area contributed by atoms with Gasteiger partial charge in [-0.05, 0) is 32.1 Å². The minimum absolute atomic E-state index is 0.0203. The van der Waals surface area contributed by atoms with Crippen LogP contribution in [0.5, 0.6) is 0 Å². The fourth-order valence-corrected chi connectivity index (χ4v) is 2.28. The van der Waals surface area contributed by atoms with Crippen LogP contribution in [0.15, 0.2) is 0 Å². The van der Waals surface area contributed by atoms with Crippen LogP contribution < -0.4 is 0 Å². The highest BCUT2D eigenvalue weighted by atomic mass is 16.4. The summed E-state index contributed by atoms with van der Waals surface area (Å²) in [6.45, 7) is 1.07. The molecule has 0 spiro atoms. The van der Waals surface area contributed by atoms with Crippen LogP contribution in [-0.4, -0.2) is 71.0 Å². The molecule has 0 aromatic heterocycles. The summed E-state index contributed by atoms with van der Waals surface area (Å²) < 4.78 is 0. The van der Waals surface area contributed by atoms with E-state index in [1.54, 1.807) is 23.9 Å². The van der Waals surface area contributed by atoms with E-state index in [0.717, 1.165) is 0 Å². The summed E-state index contributed by atoms with van der Waals surface area (Å²) in [7, 11) is 3.40. The first-order valence-electron chi connectivity index (χ1n) is 8.65. The third kappa shape index (κ3) is 12.9. The first kappa shape index (κ1) is 22.9. The second-order valence-electron chi connectivity index (χ2n) is 6.19. The summed E-state index contributed by atoms with van der Waals surface area (Å²) in [5.41, 5.74) is 0. The summed E-state index contributed by atoms with van der Waals surface area (Å²) in [5.74, 6) is -1.74. The van der Waals surface area contributed by atoms with Crippen molar-refractivity contribution in [1.82, 2.24) is 9.80 Å². The topological polar surface area (TPSA) is 115 Å². The van der Waals surface area contributed by atoms with Gasteiger partial charge in [0.2, 0.25) is 11.8 Å². The summed E-state index contributed by atoms with van der Waals surface area (Å²) in [6.07, 6.45) is 3.60. The molecular formula is C17H30N2O6. The second kappa shape index (κ2) is 13.2. The van der Waals surface area contributed by atoms with Crippen molar-refractivity contribution in [2.75, 3.05) is 27.2 Å². The van der Waals surface area contributed by atoms with Gasteiger partial charge in [-0.2, -0.15) is 0 Å². The van der Waals surface area contributed by atoms with E-state index in [1.807, 2.05) is 0 Å². The molecule has 0 saturated carbocycles. The van der Waals surface area contributed by atoms with Crippen molar-refractivity contribution in [1.29, 1.82) is 0 Å². The molecule has 0 aliphatic carbocycles. The van der Waals surface area contributed by atoms with Crippen LogP contribution in [0.3, 0.4) is 0 Å². The van der Waals surface area contributed by atoms with E-state index in [2.05, 4.69) is 0 Å². The SMILES string of the molecule is CN(CCCN(C)C(=O)CCCCC(=O)O)C(=O)CCCCC(=O)O. The van der Waals surface area contributed by atoms with Crippen LogP contribution in [0.25, 0.3) is 0 Å². The average molecular weight is 358 g/mol. The van der Waals surface area contributed by atoms with E-state index >= 15 is 0 Å². The van der Waals surface area contributed by atoms with Crippen molar-refractivity contribution in [2.24, 2.45) is 0 Å². The fourth-order valence-electron chi connectivity index (χ4n) is 2.28. The van der Waals surface area contributed by atoms with Gasteiger partial charge in [-0.3, -0.25) is 19.2 Å². The molecule has 0 saturated heterocycles. The third-order valence-corrected chi connectivity index (χ3v) is 3.90. The van der Waals surface area contributed by atoms with Gasteiger partial charge in [0.25, 0.3) is 0 Å². The van der Waals surface area contributed by atoms with E-state index in [-0.39, 0.29) is 24.7 Å². The first-order chi connectivity index (χ1) is 11.7. The average Bonchev–Trinajstić information content (AvgIpc) is 2.54. The minimum atomic E-state index is -0.850. The Bertz CT molecular complexity index is 412. The van der Waals surface area contributed by atoms with Gasteiger partial charge in [0, 0.05) is 52.9 Å². The predicted octanol–water partition coefficient (Wildman–Crippen LogP) is 1.58. The van der Waals surface area contributed by atoms with Crippen molar-refractivity contribution in [2.45, 2.75) is 57.8 Å². The van der Waals surface area contributed by atoms with Crippen LogP contribution in [0, 0.1) is 0 Å². The standard InChI is InChI=1S/C17H30N2O6/c1-18(14(20)8-3-5-10-16(22)23)12-7-13-19(2)15(21)9-4-6-11-17(24)25/h3-13H2,1-2H3,(H,22,23)(H,24,25). The molecule has 8 heteroatoms. The van der Waals surface area contributed by atoms with E-state index in [4.69, 9.17) is 10.2 Å². The number of rotatable bonds is 14. The van der Waals surface area contributed by atoms with Gasteiger partial charge in [0.15, 0.2) is 0 Å². The zero-order valence-electron chi connectivity index (χ0n) is 15.2. The monoisotopic (exact) mass is 358 g/mol. The number of carbonyl (C=O) groups is 4. The zero-order valence-corrected chi connectivity index (χ0v) is 15.2. The smallest absolute Gasteiger partial charge is 0.303 e. The number of carboxylic acids is 2. The van der Waals surface area contributed by atoms with Gasteiger partial charge in [0.1, 0.15) is 0 Å². The van der Waals surface area contributed by atoms with Crippen molar-refractivity contribution >= 4 is 23.8 Å². The third-order valence-electron chi connectivity index (χ3n) is 3.90. The molecule has 0 bridgehead atoms. The second-order valence-corrected chi connectivity index (χ2v) is 6.19. The summed E-state index contributed by atoms with van der Waals surface area (Å²) in [5, 5.41) is 17.1. The van der Waals surface area contributed by atoms with E-state index in [9.17, 15) is 19.2 Å². The Labute approximate surface area is 148 Å². The predicted molar refractivity (Wildman–Crippen MR) is 92.1 cm³/mol. The van der Waals surface area contributed by atoms with E-state index in [0.29, 0.717) is 58.0 Å². The van der Waals surface area contributed by atoms with Crippen LogP contribution in [0.4, 0.5) is 0 Å². The number of hydrogen-bond acceptors (Lipinski definition) is 4. The number of nitrogens with zero attached hydrogens (tertiary/aromatic N) is 2. The molecule has 2 amide bonds. The molecule has 0 fully saturated rings. The number of aliphatic carboxylic acids is 2. The van der Waals surface area contributed by atoms with Gasteiger partial charge < -0.3 is 20.0 Å². The fraction of sp³-hybridized carbons (Fsp3) is 0.765. The van der Waals surface area contributed by atoms with Gasteiger partial charge >= 0.3 is 11.9 Å². The van der Waals surface area contributed by atoms with Crippen LogP contribution in [0.1, 0.15) is 57.8 Å². The lowest BCUT2D eigenvalue weighted by Crippen LogP contribution is -2.32. The quantitative estimate of drug-likeness (QED) is 0.456. The molecule has 0 aliphatic rings. The molecule has 144 valence electrons. The lowest BCUT2D eigenvalue weighted by Gasteiger charge is -2.21. The highest BCUT2D eigenvalue weighted by molar-refractivity contribution is 5.76. The van der Waals surface area contributed by atoms with Crippen LogP contribution >= 0.6 is 0 Å². The zero-order chi connectivity index (χ0) is 19.2. The molecule has 0 heterocycles. The van der Waals surface area contributed by atoms with Crippen molar-refractivity contribution in [3.8, 4) is 0 Å². The van der Waals surface area contributed by atoms with Crippen molar-refractivity contribution < 1.29 is 29.4 Å². The van der Waals surface area contributed by atoms with Crippen molar-refractivity contribution in [3.05, 3.63) is 0 Å². The molecular weight excluding hydrogens is 328 g/mol. The lowest BCUT2D eigenvalue weighted by atomic mass is 10.1. The van der Waals surface area contributed by atoms with Gasteiger partial charge in [-0.25, -0.2) is 0 Å². The van der Waals surface area contributed by atoms with Gasteiger partial charge in [0.05, 0.1) is 0 Å². The minimum Gasteiger partial charge on any atom is -0.481 e. The molecule has 0 aliphatic heterocycles. The normalized spacial score (nSPS) is 10.3. The van der Waals surface area contributed by atoms with Gasteiger partial charge in [-0.15, -0.1) is 0 Å². The molecule has 8 nitrogen and oxygen atoms in total. The number of amides is 2. The molecule has 25 heavy (non-hydrogen) atoms. The Kier molecular flexibility index (Phi) is 12.1. The highest BCUT2D eigenvalue weighted by Gasteiger charge is 2.11. The van der Waals surface area contributed by atoms with Crippen molar-refractivity contribution in [3.63, 3.8) is 0 Å². The molecule has 0 atom stereocenters. The van der Waals surface area contributed by atoms with E-state index in [1.165, 1.54) is 0 Å². The molecule has 0 rings (SSSR count). The Morgan fingerprint density at radius 1 is 0.600 bits per heavy atom. The highest BCUT2D eigenvalue weighted by Crippen LogP contribution is 2.05. The lowest BCUT2D eigenvalue weighted by molar-refractivity contribution is -0.138. The molecule has 0 aromatic rings. The number of unbranched alkanes of at least 4 members (excludes halogenated alkanes) is 2. The summed E-state index contributed by atoms with van der Waals surface area (Å²) in [6, 6.07) is 0. The first-order valence-corrected chi connectivity index (χ1v) is 8.65. The number of carbonyl (C=O) groups excluding carboxylic acids is 2. The maximum absolute atomic E-state index is 11.9. The summed E-state index contributed by atoms with van der Waals surface area (Å²) >= 11 is 0. The van der Waals surface area contributed by atoms with Crippen LogP contribution in [-0.2, 0) is 19.2 Å². The molecule has 2 N–H and O–H groups in total. The molecule has 0 radical (unpaired) electrons. The van der Waals surface area contributed by atoms with Gasteiger partial charge in [-0.1, -0.05) is 0 Å². The number of carboxylic acid groups (broad SMARTS) is 2. The van der Waals surface area contributed by atoms with E-state index < -0.39 is 11.9 Å². The maximum atomic E-state index is 11.9. The largest absolute Gasteiger partial charge is 0.481 e. The maximum Gasteiger partial charge on any atom is 0.303 e. The van der Waals surface area contributed by atoms with Crippen LogP contribution in [0.2, 0.25) is 0 Å². The molecule has 0 aromatic carbocycles. The number of hydrogen-bond donors (Lipinski definition) is 2. The summed E-state index contributed by atoms with van der Waals surface area (Å²) in [4.78, 5) is 47.8.